The van der Waals surface area contributed by atoms with Gasteiger partial charge in [-0.25, -0.2) is 8.78 Å². The van der Waals surface area contributed by atoms with Crippen LogP contribution in [0.5, 0.6) is 0 Å². The number of nitrogens with zero attached hydrogens (tertiary/aromatic N) is 1. The van der Waals surface area contributed by atoms with E-state index in [-0.39, 0.29) is 29.8 Å². The Balaban J connectivity index is 2.04. The molecule has 1 fully saturated rings. The molecule has 2 rings (SSSR count). The van der Waals surface area contributed by atoms with E-state index in [0.717, 1.165) is 5.56 Å². The summed E-state index contributed by atoms with van der Waals surface area (Å²) in [5.41, 5.74) is 0.703. The molecule has 2 unspecified atom stereocenters. The van der Waals surface area contributed by atoms with Gasteiger partial charge in [0.05, 0.1) is 18.5 Å². The molecule has 138 valence electrons. The first kappa shape index (κ1) is 19.3. The third kappa shape index (κ3) is 4.96. The van der Waals surface area contributed by atoms with Crippen molar-refractivity contribution in [3.63, 3.8) is 0 Å². The van der Waals surface area contributed by atoms with Crippen molar-refractivity contribution in [2.24, 2.45) is 0 Å². The third-order valence-electron chi connectivity index (χ3n) is 4.19. The van der Waals surface area contributed by atoms with E-state index < -0.39 is 18.8 Å². The smallest absolute Gasteiger partial charge is 0.263 e. The Morgan fingerprint density at radius 2 is 1.88 bits per heavy atom. The lowest BCUT2D eigenvalue weighted by atomic mass is 10.0. The van der Waals surface area contributed by atoms with Crippen molar-refractivity contribution in [2.45, 2.75) is 44.6 Å². The van der Waals surface area contributed by atoms with Crippen molar-refractivity contribution in [2.75, 3.05) is 14.1 Å². The second-order valence-corrected chi connectivity index (χ2v) is 6.29. The van der Waals surface area contributed by atoms with Crippen LogP contribution in [0.15, 0.2) is 24.3 Å². The maximum Gasteiger partial charge on any atom is 0.263 e. The Labute approximate surface area is 146 Å². The Morgan fingerprint density at radius 1 is 1.28 bits per heavy atom. The number of carbonyl (C=O) groups is 2. The van der Waals surface area contributed by atoms with E-state index in [9.17, 15) is 18.4 Å². The van der Waals surface area contributed by atoms with Crippen molar-refractivity contribution in [1.29, 1.82) is 0 Å². The van der Waals surface area contributed by atoms with Crippen LogP contribution in [0.3, 0.4) is 0 Å². The van der Waals surface area contributed by atoms with Crippen LogP contribution in [0, 0.1) is 0 Å². The summed E-state index contributed by atoms with van der Waals surface area (Å²) >= 11 is 0. The number of halogens is 2. The first-order chi connectivity index (χ1) is 11.8. The lowest BCUT2D eigenvalue weighted by Crippen LogP contribution is -2.65. The molecule has 3 N–H and O–H groups in total. The van der Waals surface area contributed by atoms with Crippen molar-refractivity contribution in [3.05, 3.63) is 35.4 Å². The maximum atomic E-state index is 12.7. The summed E-state index contributed by atoms with van der Waals surface area (Å²) in [6, 6.07) is 4.98. The van der Waals surface area contributed by atoms with E-state index in [1.807, 2.05) is 6.92 Å². The van der Waals surface area contributed by atoms with Gasteiger partial charge >= 0.3 is 0 Å². The molecular formula is C17H24F2N4O2. The minimum Gasteiger partial charge on any atom is -0.348 e. The van der Waals surface area contributed by atoms with Gasteiger partial charge in [0.25, 0.3) is 6.43 Å². The molecule has 1 heterocycles. The van der Waals surface area contributed by atoms with Gasteiger partial charge in [-0.1, -0.05) is 31.2 Å². The SMILES string of the molecule is CC[C@@H](NC(=O)C1CC(=O)NC(N(C)C)N1)c1ccc(C(F)F)cc1. The number of amides is 2. The van der Waals surface area contributed by atoms with Crippen LogP contribution in [-0.4, -0.2) is 43.1 Å². The molecule has 0 aromatic heterocycles. The van der Waals surface area contributed by atoms with E-state index >= 15 is 0 Å². The minimum atomic E-state index is -2.52. The molecule has 6 nitrogen and oxygen atoms in total. The topological polar surface area (TPSA) is 73.5 Å². The lowest BCUT2D eigenvalue weighted by molar-refractivity contribution is -0.134. The average Bonchev–Trinajstić information content (AvgIpc) is 2.58. The quantitative estimate of drug-likeness (QED) is 0.724. The summed E-state index contributed by atoms with van der Waals surface area (Å²) in [7, 11) is 3.58. The van der Waals surface area contributed by atoms with Gasteiger partial charge in [0, 0.05) is 5.56 Å². The van der Waals surface area contributed by atoms with Gasteiger partial charge in [0.1, 0.15) is 6.29 Å². The van der Waals surface area contributed by atoms with Gasteiger partial charge < -0.3 is 10.6 Å². The summed E-state index contributed by atoms with van der Waals surface area (Å²) in [4.78, 5) is 26.1. The van der Waals surface area contributed by atoms with E-state index in [0.29, 0.717) is 6.42 Å². The van der Waals surface area contributed by atoms with Crippen LogP contribution in [-0.2, 0) is 9.59 Å². The number of nitrogens with one attached hydrogen (secondary N) is 3. The molecule has 0 aliphatic carbocycles. The van der Waals surface area contributed by atoms with Gasteiger partial charge in [-0.3, -0.25) is 19.8 Å². The standard InChI is InChI=1S/C17H24F2N4O2/c1-4-12(10-5-7-11(8-6-10)15(18)19)20-16(25)13-9-14(24)22-17(21-13)23(2)3/h5-8,12-13,15,17,21H,4,9H2,1-3H3,(H,20,25)(H,22,24)/t12-,13?,17?/m1/s1. The van der Waals surface area contributed by atoms with E-state index in [4.69, 9.17) is 0 Å². The van der Waals surface area contributed by atoms with E-state index in [1.54, 1.807) is 31.1 Å². The summed E-state index contributed by atoms with van der Waals surface area (Å²) in [6.45, 7) is 1.90. The van der Waals surface area contributed by atoms with Crippen LogP contribution >= 0.6 is 0 Å². The second-order valence-electron chi connectivity index (χ2n) is 6.29. The van der Waals surface area contributed by atoms with Crippen molar-refractivity contribution >= 4 is 11.8 Å². The summed E-state index contributed by atoms with van der Waals surface area (Å²) in [5.74, 6) is -0.488. The Bertz CT molecular complexity index is 607. The van der Waals surface area contributed by atoms with Gasteiger partial charge in [0.15, 0.2) is 0 Å². The Hall–Kier alpha value is -2.06. The summed E-state index contributed by atoms with van der Waals surface area (Å²) < 4.78 is 25.3. The van der Waals surface area contributed by atoms with Gasteiger partial charge in [-0.05, 0) is 26.1 Å². The highest BCUT2D eigenvalue weighted by atomic mass is 19.3. The van der Waals surface area contributed by atoms with Crippen LogP contribution < -0.4 is 16.0 Å². The number of hydrogen-bond acceptors (Lipinski definition) is 4. The molecule has 0 bridgehead atoms. The van der Waals surface area contributed by atoms with Crippen molar-refractivity contribution in [3.8, 4) is 0 Å². The van der Waals surface area contributed by atoms with Gasteiger partial charge in [-0.2, -0.15) is 0 Å². The highest BCUT2D eigenvalue weighted by molar-refractivity contribution is 5.89. The lowest BCUT2D eigenvalue weighted by Gasteiger charge is -2.35. The van der Waals surface area contributed by atoms with Crippen LogP contribution in [0.25, 0.3) is 0 Å². The second kappa shape index (κ2) is 8.35. The summed E-state index contributed by atoms with van der Waals surface area (Å²) in [5, 5.41) is 8.71. The normalized spacial score (nSPS) is 22.0. The molecule has 0 radical (unpaired) electrons. The highest BCUT2D eigenvalue weighted by Gasteiger charge is 2.32. The van der Waals surface area contributed by atoms with Gasteiger partial charge in [0.2, 0.25) is 11.8 Å². The molecule has 1 aromatic carbocycles. The number of rotatable bonds is 6. The maximum absolute atomic E-state index is 12.7. The predicted octanol–water partition coefficient (Wildman–Crippen LogP) is 1.51. The summed E-state index contributed by atoms with van der Waals surface area (Å²) in [6.07, 6.45) is -2.27. The van der Waals surface area contributed by atoms with E-state index in [1.165, 1.54) is 12.1 Å². The van der Waals surface area contributed by atoms with Crippen LogP contribution in [0.4, 0.5) is 8.78 Å². The fourth-order valence-corrected chi connectivity index (χ4v) is 2.70. The molecular weight excluding hydrogens is 330 g/mol. The molecule has 2 amide bonds. The van der Waals surface area contributed by atoms with Crippen molar-refractivity contribution < 1.29 is 18.4 Å². The van der Waals surface area contributed by atoms with Gasteiger partial charge in [-0.15, -0.1) is 0 Å². The Kier molecular flexibility index (Phi) is 6.44. The monoisotopic (exact) mass is 354 g/mol. The molecule has 0 spiro atoms. The molecule has 1 aliphatic heterocycles. The largest absolute Gasteiger partial charge is 0.348 e. The van der Waals surface area contributed by atoms with Crippen LogP contribution in [0.1, 0.15) is 43.4 Å². The van der Waals surface area contributed by atoms with Crippen molar-refractivity contribution in [1.82, 2.24) is 20.9 Å². The first-order valence-corrected chi connectivity index (χ1v) is 8.22. The Morgan fingerprint density at radius 3 is 2.40 bits per heavy atom. The number of carbonyl (C=O) groups excluding carboxylic acids is 2. The predicted molar refractivity (Wildman–Crippen MR) is 89.7 cm³/mol. The van der Waals surface area contributed by atoms with Crippen LogP contribution in [0.2, 0.25) is 0 Å². The fourth-order valence-electron chi connectivity index (χ4n) is 2.70. The third-order valence-corrected chi connectivity index (χ3v) is 4.19. The molecule has 25 heavy (non-hydrogen) atoms. The zero-order valence-corrected chi connectivity index (χ0v) is 14.6. The molecule has 8 heteroatoms. The molecule has 3 atom stereocenters. The average molecular weight is 354 g/mol. The zero-order valence-electron chi connectivity index (χ0n) is 14.6. The molecule has 0 saturated carbocycles. The van der Waals surface area contributed by atoms with E-state index in [2.05, 4.69) is 16.0 Å². The molecule has 1 aliphatic rings. The number of benzene rings is 1. The highest BCUT2D eigenvalue weighted by Crippen LogP contribution is 2.23. The minimum absolute atomic E-state index is 0.0515. The molecule has 1 aromatic rings. The first-order valence-electron chi connectivity index (χ1n) is 8.22. The number of hydrogen-bond donors (Lipinski definition) is 3. The molecule has 1 saturated heterocycles. The zero-order chi connectivity index (χ0) is 18.6. The number of alkyl halides is 2. The fraction of sp³-hybridized carbons (Fsp3) is 0.529.